The molecule has 0 saturated heterocycles. The molecule has 0 atom stereocenters. The third-order valence-electron chi connectivity index (χ3n) is 4.03. The van der Waals surface area contributed by atoms with Crippen LogP contribution in [0.15, 0.2) is 63.8 Å². The molecule has 2 aromatic carbocycles. The van der Waals surface area contributed by atoms with Gasteiger partial charge in [-0.2, -0.15) is 0 Å². The number of nitrogens with one attached hydrogen (secondary N) is 1. The van der Waals surface area contributed by atoms with Crippen LogP contribution in [-0.4, -0.2) is 23.0 Å². The Bertz CT molecular complexity index is 890. The topological polar surface area (TPSA) is 49.2 Å². The Morgan fingerprint density at radius 3 is 2.82 bits per heavy atom. The maximum atomic E-state index is 11.4. The zero-order valence-electron chi connectivity index (χ0n) is 12.1. The number of aromatic amines is 1. The number of fused-ring (bicyclic) bond motifs is 1. The Morgan fingerprint density at radius 1 is 1.09 bits per heavy atom. The first kappa shape index (κ1) is 13.1. The van der Waals surface area contributed by atoms with E-state index in [1.54, 1.807) is 0 Å². The highest BCUT2D eigenvalue weighted by Gasteiger charge is 2.18. The summed E-state index contributed by atoms with van der Waals surface area (Å²) in [5, 5.41) is 0. The van der Waals surface area contributed by atoms with Crippen molar-refractivity contribution in [1.29, 1.82) is 0 Å². The number of H-pyrrole nitrogens is 1. The molecule has 0 amide bonds. The van der Waals surface area contributed by atoms with Gasteiger partial charge >= 0.3 is 5.76 Å². The summed E-state index contributed by atoms with van der Waals surface area (Å²) in [5.74, 6) is -0.401. The largest absolute Gasteiger partial charge is 0.417 e. The average molecular weight is 292 g/mol. The van der Waals surface area contributed by atoms with Gasteiger partial charge in [0.1, 0.15) is 0 Å². The van der Waals surface area contributed by atoms with Gasteiger partial charge in [-0.25, -0.2) is 4.79 Å². The third-order valence-corrected chi connectivity index (χ3v) is 4.03. The number of nitrogens with zero attached hydrogens (tertiary/aromatic N) is 1. The molecule has 110 valence electrons. The Kier molecular flexibility index (Phi) is 3.16. The lowest BCUT2D eigenvalue weighted by Crippen LogP contribution is -2.20. The van der Waals surface area contributed by atoms with E-state index in [-0.39, 0.29) is 0 Å². The molecule has 0 saturated carbocycles. The van der Waals surface area contributed by atoms with Crippen molar-refractivity contribution in [3.63, 3.8) is 0 Å². The second-order valence-electron chi connectivity index (χ2n) is 5.58. The molecule has 0 unspecified atom stereocenters. The first-order valence-corrected chi connectivity index (χ1v) is 7.37. The summed E-state index contributed by atoms with van der Waals surface area (Å²) in [4.78, 5) is 16.5. The summed E-state index contributed by atoms with van der Waals surface area (Å²) in [5.41, 5.74) is 4.93. The van der Waals surface area contributed by atoms with E-state index in [4.69, 9.17) is 4.42 Å². The predicted molar refractivity (Wildman–Crippen MR) is 86.5 cm³/mol. The Morgan fingerprint density at radius 2 is 1.95 bits per heavy atom. The lowest BCUT2D eigenvalue weighted by atomic mass is 10.1. The van der Waals surface area contributed by atoms with Gasteiger partial charge in [-0.05, 0) is 17.2 Å². The molecule has 4 rings (SSSR count). The summed E-state index contributed by atoms with van der Waals surface area (Å²) >= 11 is 0. The molecule has 1 N–H and O–H groups in total. The fourth-order valence-corrected chi connectivity index (χ4v) is 2.99. The number of hydrogen-bond acceptors (Lipinski definition) is 3. The quantitative estimate of drug-likeness (QED) is 0.807. The molecule has 1 aliphatic rings. The third kappa shape index (κ3) is 2.38. The second-order valence-corrected chi connectivity index (χ2v) is 5.58. The van der Waals surface area contributed by atoms with Gasteiger partial charge in [-0.15, -0.1) is 0 Å². The van der Waals surface area contributed by atoms with Crippen molar-refractivity contribution < 1.29 is 4.42 Å². The highest BCUT2D eigenvalue weighted by atomic mass is 16.4. The molecule has 4 heteroatoms. The zero-order chi connectivity index (χ0) is 14.9. The van der Waals surface area contributed by atoms with E-state index >= 15 is 0 Å². The fourth-order valence-electron chi connectivity index (χ4n) is 2.99. The minimum absolute atomic E-state index is 0.401. The van der Waals surface area contributed by atoms with Crippen molar-refractivity contribution in [2.45, 2.75) is 6.54 Å². The standard InChI is InChI=1S/C18H16N2O2/c21-18-19-16-8-4-7-15(17(16)22-18)14-9-10-20(12-14)11-13-5-2-1-3-6-13/h1-9H,10-12H2,(H,19,21). The van der Waals surface area contributed by atoms with Gasteiger partial charge in [0.15, 0.2) is 5.58 Å². The van der Waals surface area contributed by atoms with Crippen LogP contribution in [0.2, 0.25) is 0 Å². The average Bonchev–Trinajstić information content (AvgIpc) is 3.13. The van der Waals surface area contributed by atoms with E-state index < -0.39 is 5.76 Å². The number of benzene rings is 2. The van der Waals surface area contributed by atoms with Crippen molar-refractivity contribution in [3.05, 3.63) is 76.3 Å². The minimum atomic E-state index is -0.401. The molecule has 1 aromatic heterocycles. The lowest BCUT2D eigenvalue weighted by molar-refractivity contribution is 0.348. The molecular weight excluding hydrogens is 276 g/mol. The second kappa shape index (κ2) is 5.31. The number of hydrogen-bond donors (Lipinski definition) is 1. The van der Waals surface area contributed by atoms with Gasteiger partial charge in [0.25, 0.3) is 0 Å². The van der Waals surface area contributed by atoms with Crippen LogP contribution < -0.4 is 5.76 Å². The SMILES string of the molecule is O=c1[nH]c2cccc(C3=CCN(Cc4ccccc4)C3)c2o1. The Labute approximate surface area is 127 Å². The fraction of sp³-hybridized carbons (Fsp3) is 0.167. The van der Waals surface area contributed by atoms with Crippen molar-refractivity contribution in [3.8, 4) is 0 Å². The van der Waals surface area contributed by atoms with Crippen LogP contribution in [0, 0.1) is 0 Å². The lowest BCUT2D eigenvalue weighted by Gasteiger charge is -2.16. The summed E-state index contributed by atoms with van der Waals surface area (Å²) in [7, 11) is 0. The van der Waals surface area contributed by atoms with Crippen LogP contribution >= 0.6 is 0 Å². The van der Waals surface area contributed by atoms with Gasteiger partial charge in [0, 0.05) is 25.2 Å². The van der Waals surface area contributed by atoms with Crippen LogP contribution in [0.1, 0.15) is 11.1 Å². The molecular formula is C18H16N2O2. The van der Waals surface area contributed by atoms with Gasteiger partial charge in [0.2, 0.25) is 0 Å². The van der Waals surface area contributed by atoms with E-state index in [0.717, 1.165) is 30.7 Å². The highest BCUT2D eigenvalue weighted by Crippen LogP contribution is 2.27. The number of aromatic nitrogens is 1. The molecule has 1 aliphatic heterocycles. The van der Waals surface area contributed by atoms with Gasteiger partial charge in [-0.3, -0.25) is 9.88 Å². The van der Waals surface area contributed by atoms with E-state index in [9.17, 15) is 4.79 Å². The van der Waals surface area contributed by atoms with Crippen molar-refractivity contribution in [1.82, 2.24) is 9.88 Å². The van der Waals surface area contributed by atoms with Gasteiger partial charge in [-0.1, -0.05) is 48.5 Å². The molecule has 0 aliphatic carbocycles. The molecule has 0 radical (unpaired) electrons. The first-order valence-electron chi connectivity index (χ1n) is 7.37. The minimum Gasteiger partial charge on any atom is -0.407 e. The summed E-state index contributed by atoms with van der Waals surface area (Å²) in [6.07, 6.45) is 2.21. The van der Waals surface area contributed by atoms with Crippen molar-refractivity contribution >= 4 is 16.7 Å². The van der Waals surface area contributed by atoms with Crippen LogP contribution in [0.3, 0.4) is 0 Å². The molecule has 0 fully saturated rings. The van der Waals surface area contributed by atoms with Gasteiger partial charge < -0.3 is 4.42 Å². The number of rotatable bonds is 3. The molecule has 2 heterocycles. The van der Waals surface area contributed by atoms with E-state index in [1.807, 2.05) is 24.3 Å². The maximum absolute atomic E-state index is 11.4. The van der Waals surface area contributed by atoms with Crippen LogP contribution in [0.4, 0.5) is 0 Å². The van der Waals surface area contributed by atoms with Gasteiger partial charge in [0.05, 0.1) is 5.52 Å². The van der Waals surface area contributed by atoms with Crippen LogP contribution in [0.5, 0.6) is 0 Å². The Hall–Kier alpha value is -2.59. The van der Waals surface area contributed by atoms with Crippen molar-refractivity contribution in [2.75, 3.05) is 13.1 Å². The number of para-hydroxylation sites is 1. The molecule has 22 heavy (non-hydrogen) atoms. The Balaban J connectivity index is 1.58. The molecule has 0 bridgehead atoms. The van der Waals surface area contributed by atoms with E-state index in [0.29, 0.717) is 5.58 Å². The summed E-state index contributed by atoms with van der Waals surface area (Å²) < 4.78 is 5.29. The number of oxazole rings is 1. The zero-order valence-corrected chi connectivity index (χ0v) is 12.1. The van der Waals surface area contributed by atoms with E-state index in [1.165, 1.54) is 11.1 Å². The summed E-state index contributed by atoms with van der Waals surface area (Å²) in [6, 6.07) is 16.3. The van der Waals surface area contributed by atoms with E-state index in [2.05, 4.69) is 40.2 Å². The highest BCUT2D eigenvalue weighted by molar-refractivity contribution is 5.88. The molecule has 4 nitrogen and oxygen atoms in total. The maximum Gasteiger partial charge on any atom is 0.417 e. The smallest absolute Gasteiger partial charge is 0.407 e. The molecule has 0 spiro atoms. The van der Waals surface area contributed by atoms with Crippen LogP contribution in [-0.2, 0) is 6.54 Å². The monoisotopic (exact) mass is 292 g/mol. The first-order chi connectivity index (χ1) is 10.8. The van der Waals surface area contributed by atoms with Crippen molar-refractivity contribution in [2.24, 2.45) is 0 Å². The normalized spacial score (nSPS) is 15.4. The summed E-state index contributed by atoms with van der Waals surface area (Å²) in [6.45, 7) is 2.70. The molecule has 3 aromatic rings. The van der Waals surface area contributed by atoms with Crippen LogP contribution in [0.25, 0.3) is 16.7 Å². The predicted octanol–water partition coefficient (Wildman–Crippen LogP) is 3.02.